The van der Waals surface area contributed by atoms with Gasteiger partial charge in [0.1, 0.15) is 12.4 Å². The zero-order valence-corrected chi connectivity index (χ0v) is 18.0. The van der Waals surface area contributed by atoms with Gasteiger partial charge in [-0.2, -0.15) is 0 Å². The van der Waals surface area contributed by atoms with Crippen molar-refractivity contribution in [3.63, 3.8) is 0 Å². The van der Waals surface area contributed by atoms with Crippen molar-refractivity contribution in [1.82, 2.24) is 4.90 Å². The van der Waals surface area contributed by atoms with Gasteiger partial charge in [-0.15, -0.1) is 0 Å². The highest BCUT2D eigenvalue weighted by Gasteiger charge is 2.35. The van der Waals surface area contributed by atoms with E-state index in [0.29, 0.717) is 40.7 Å². The Kier molecular flexibility index (Phi) is 7.15. The highest BCUT2D eigenvalue weighted by atomic mass is 32.2. The van der Waals surface area contributed by atoms with Gasteiger partial charge in [0.2, 0.25) is 0 Å². The smallest absolute Gasteiger partial charge is 0.293 e. The van der Waals surface area contributed by atoms with Crippen molar-refractivity contribution >= 4 is 29.0 Å². The first-order chi connectivity index (χ1) is 14.4. The lowest BCUT2D eigenvalue weighted by atomic mass is 10.1. The van der Waals surface area contributed by atoms with E-state index in [9.17, 15) is 14.0 Å². The van der Waals surface area contributed by atoms with E-state index in [4.69, 9.17) is 9.47 Å². The molecule has 30 heavy (non-hydrogen) atoms. The molecule has 5 nitrogen and oxygen atoms in total. The van der Waals surface area contributed by atoms with Crippen LogP contribution in [-0.2, 0) is 11.4 Å². The minimum Gasteiger partial charge on any atom is -0.490 e. The predicted molar refractivity (Wildman–Crippen MR) is 116 cm³/mol. The number of rotatable bonds is 8. The molecule has 1 aliphatic rings. The summed E-state index contributed by atoms with van der Waals surface area (Å²) in [6, 6.07) is 11.7. The molecule has 1 saturated heterocycles. The van der Waals surface area contributed by atoms with Crippen LogP contribution in [0, 0.1) is 11.7 Å². The summed E-state index contributed by atoms with van der Waals surface area (Å²) < 4.78 is 25.3. The van der Waals surface area contributed by atoms with Crippen molar-refractivity contribution in [3.05, 3.63) is 64.3 Å². The molecule has 0 N–H and O–H groups in total. The third kappa shape index (κ3) is 5.21. The standard InChI is InChI=1S/C23H24FNO4S/c1-4-28-20-11-16(12-21-22(26)25(13-15(2)3)23(27)30-21)9-10-19(20)29-14-17-7-5-6-8-18(17)24/h5-12,15H,4,13-14H2,1-3H3. The van der Waals surface area contributed by atoms with Gasteiger partial charge in [0.05, 0.1) is 11.5 Å². The number of ether oxygens (including phenoxy) is 2. The van der Waals surface area contributed by atoms with E-state index in [2.05, 4.69) is 0 Å². The Labute approximate surface area is 179 Å². The number of hydrogen-bond acceptors (Lipinski definition) is 5. The number of hydrogen-bond donors (Lipinski definition) is 0. The zero-order valence-electron chi connectivity index (χ0n) is 17.2. The minimum atomic E-state index is -0.329. The molecule has 2 amide bonds. The normalized spacial score (nSPS) is 15.4. The molecule has 7 heteroatoms. The summed E-state index contributed by atoms with van der Waals surface area (Å²) >= 11 is 0.936. The molecule has 0 atom stereocenters. The topological polar surface area (TPSA) is 55.8 Å². The Morgan fingerprint density at radius 3 is 2.57 bits per heavy atom. The molecule has 2 aromatic rings. The first-order valence-electron chi connectivity index (χ1n) is 9.77. The van der Waals surface area contributed by atoms with Crippen LogP contribution in [0.4, 0.5) is 9.18 Å². The van der Waals surface area contributed by atoms with Gasteiger partial charge < -0.3 is 9.47 Å². The Hall–Kier alpha value is -2.80. The number of carbonyl (C=O) groups excluding carboxylic acids is 2. The molecule has 2 aromatic carbocycles. The number of imide groups is 1. The van der Waals surface area contributed by atoms with E-state index in [-0.39, 0.29) is 29.5 Å². The molecule has 0 radical (unpaired) electrons. The van der Waals surface area contributed by atoms with Gasteiger partial charge in [-0.1, -0.05) is 38.1 Å². The van der Waals surface area contributed by atoms with Crippen LogP contribution in [0.2, 0.25) is 0 Å². The Bertz CT molecular complexity index is 973. The fourth-order valence-electron chi connectivity index (χ4n) is 2.95. The average molecular weight is 430 g/mol. The third-order valence-electron chi connectivity index (χ3n) is 4.33. The van der Waals surface area contributed by atoms with Gasteiger partial charge in [0.15, 0.2) is 11.5 Å². The van der Waals surface area contributed by atoms with Gasteiger partial charge >= 0.3 is 0 Å². The number of benzene rings is 2. The van der Waals surface area contributed by atoms with Crippen LogP contribution in [0.3, 0.4) is 0 Å². The molecule has 0 spiro atoms. The van der Waals surface area contributed by atoms with Crippen molar-refractivity contribution < 1.29 is 23.5 Å². The highest BCUT2D eigenvalue weighted by molar-refractivity contribution is 8.18. The van der Waals surface area contributed by atoms with Crippen LogP contribution in [-0.4, -0.2) is 29.2 Å². The van der Waals surface area contributed by atoms with Crippen LogP contribution in [0.1, 0.15) is 31.9 Å². The van der Waals surface area contributed by atoms with E-state index in [1.54, 1.807) is 42.5 Å². The SMILES string of the molecule is CCOc1cc(C=C2SC(=O)N(CC(C)C)C2=O)ccc1OCc1ccccc1F. The Morgan fingerprint density at radius 2 is 1.87 bits per heavy atom. The minimum absolute atomic E-state index is 0.0696. The molecule has 3 rings (SSSR count). The average Bonchev–Trinajstić information content (AvgIpc) is 2.96. The first-order valence-corrected chi connectivity index (χ1v) is 10.6. The second-order valence-corrected chi connectivity index (χ2v) is 8.20. The monoisotopic (exact) mass is 429 g/mol. The number of halogens is 1. The van der Waals surface area contributed by atoms with E-state index in [1.165, 1.54) is 11.0 Å². The summed E-state index contributed by atoms with van der Waals surface area (Å²) in [5, 5.41) is -0.255. The van der Waals surface area contributed by atoms with Gasteiger partial charge in [0, 0.05) is 12.1 Å². The fourth-order valence-corrected chi connectivity index (χ4v) is 3.80. The first kappa shape index (κ1) is 21.9. The van der Waals surface area contributed by atoms with Gasteiger partial charge in [0.25, 0.3) is 11.1 Å². The Morgan fingerprint density at radius 1 is 1.10 bits per heavy atom. The largest absolute Gasteiger partial charge is 0.490 e. The van der Waals surface area contributed by atoms with Crippen molar-refractivity contribution in [2.45, 2.75) is 27.4 Å². The van der Waals surface area contributed by atoms with Crippen LogP contribution in [0.15, 0.2) is 47.4 Å². The van der Waals surface area contributed by atoms with Crippen molar-refractivity contribution in [1.29, 1.82) is 0 Å². The molecule has 0 aromatic heterocycles. The summed E-state index contributed by atoms with van der Waals surface area (Å²) in [5.41, 5.74) is 1.16. The lowest BCUT2D eigenvalue weighted by molar-refractivity contribution is -0.123. The Balaban J connectivity index is 1.79. The molecule has 158 valence electrons. The fraction of sp³-hybridized carbons (Fsp3) is 0.304. The predicted octanol–water partition coefficient (Wildman–Crippen LogP) is 5.50. The van der Waals surface area contributed by atoms with E-state index in [1.807, 2.05) is 20.8 Å². The number of thioether (sulfide) groups is 1. The van der Waals surface area contributed by atoms with Crippen LogP contribution < -0.4 is 9.47 Å². The molecule has 1 heterocycles. The van der Waals surface area contributed by atoms with Crippen molar-refractivity contribution in [3.8, 4) is 11.5 Å². The number of amides is 2. The summed E-state index contributed by atoms with van der Waals surface area (Å²) in [6.45, 7) is 6.66. The van der Waals surface area contributed by atoms with Crippen LogP contribution in [0.25, 0.3) is 6.08 Å². The number of nitrogens with zero attached hydrogens (tertiary/aromatic N) is 1. The van der Waals surface area contributed by atoms with E-state index < -0.39 is 0 Å². The summed E-state index contributed by atoms with van der Waals surface area (Å²) in [6.07, 6.45) is 1.67. The van der Waals surface area contributed by atoms with Crippen LogP contribution in [0.5, 0.6) is 11.5 Å². The molecule has 0 aliphatic carbocycles. The molecule has 0 bridgehead atoms. The second kappa shape index (κ2) is 9.80. The highest BCUT2D eigenvalue weighted by Crippen LogP contribution is 2.35. The lowest BCUT2D eigenvalue weighted by Gasteiger charge is -2.14. The van der Waals surface area contributed by atoms with Gasteiger partial charge in [-0.3, -0.25) is 14.5 Å². The molecule has 0 saturated carbocycles. The van der Waals surface area contributed by atoms with E-state index in [0.717, 1.165) is 11.8 Å². The lowest BCUT2D eigenvalue weighted by Crippen LogP contribution is -2.31. The molecular weight excluding hydrogens is 405 g/mol. The third-order valence-corrected chi connectivity index (χ3v) is 5.24. The summed E-state index contributed by atoms with van der Waals surface area (Å²) in [7, 11) is 0. The van der Waals surface area contributed by atoms with Gasteiger partial charge in [-0.05, 0) is 54.4 Å². The van der Waals surface area contributed by atoms with Gasteiger partial charge in [-0.25, -0.2) is 4.39 Å². The van der Waals surface area contributed by atoms with Crippen molar-refractivity contribution in [2.24, 2.45) is 5.92 Å². The summed E-state index contributed by atoms with van der Waals surface area (Å²) in [5.74, 6) is 0.559. The maximum Gasteiger partial charge on any atom is 0.293 e. The molecule has 1 aliphatic heterocycles. The molecule has 0 unspecified atom stereocenters. The molecule has 1 fully saturated rings. The summed E-state index contributed by atoms with van der Waals surface area (Å²) in [4.78, 5) is 26.3. The van der Waals surface area contributed by atoms with Crippen LogP contribution >= 0.6 is 11.8 Å². The maximum atomic E-state index is 13.8. The van der Waals surface area contributed by atoms with E-state index >= 15 is 0 Å². The molecular formula is C23H24FNO4S. The number of carbonyl (C=O) groups is 2. The maximum absolute atomic E-state index is 13.8. The zero-order chi connectivity index (χ0) is 21.7. The second-order valence-electron chi connectivity index (χ2n) is 7.21. The van der Waals surface area contributed by atoms with Crippen molar-refractivity contribution in [2.75, 3.05) is 13.2 Å². The quantitative estimate of drug-likeness (QED) is 0.519.